The van der Waals surface area contributed by atoms with Crippen molar-refractivity contribution >= 4 is 37.8 Å². The van der Waals surface area contributed by atoms with E-state index in [-0.39, 0.29) is 11.4 Å². The Balaban J connectivity index is 2.46. The molecule has 0 bridgehead atoms. The van der Waals surface area contributed by atoms with E-state index in [0.29, 0.717) is 11.4 Å². The minimum atomic E-state index is -1.06. The Morgan fingerprint density at radius 2 is 2.11 bits per heavy atom. The number of benzene rings is 1. The second-order valence-corrected chi connectivity index (χ2v) is 5.64. The highest BCUT2D eigenvalue weighted by Gasteiger charge is 2.22. The first-order chi connectivity index (χ1) is 8.90. The number of aromatic nitrogens is 2. The quantitative estimate of drug-likeness (QED) is 0.868. The zero-order valence-electron chi connectivity index (χ0n) is 10.1. The third-order valence-corrected chi connectivity index (χ3v) is 3.60. The Morgan fingerprint density at radius 3 is 2.68 bits per heavy atom. The van der Waals surface area contributed by atoms with Crippen LogP contribution in [-0.4, -0.2) is 20.9 Å². The van der Waals surface area contributed by atoms with E-state index in [2.05, 4.69) is 37.0 Å². The number of aryl methyl sites for hydroxylation is 2. The highest BCUT2D eigenvalue weighted by molar-refractivity contribution is 9.11. The van der Waals surface area contributed by atoms with Gasteiger partial charge >= 0.3 is 5.97 Å². The maximum atomic E-state index is 11.2. The number of hydrogen-bond donors (Lipinski definition) is 1. The molecule has 7 heteroatoms. The van der Waals surface area contributed by atoms with Crippen LogP contribution in [-0.2, 0) is 7.05 Å². The van der Waals surface area contributed by atoms with Crippen LogP contribution in [0.5, 0.6) is 11.6 Å². The lowest BCUT2D eigenvalue weighted by molar-refractivity contribution is 0.0693. The fraction of sp³-hybridized carbons (Fsp3) is 0.167. The largest absolute Gasteiger partial charge is 0.477 e. The Bertz CT molecular complexity index is 653. The topological polar surface area (TPSA) is 64.4 Å². The van der Waals surface area contributed by atoms with Gasteiger partial charge in [-0.1, -0.05) is 15.9 Å². The van der Waals surface area contributed by atoms with Crippen LogP contribution < -0.4 is 4.74 Å². The van der Waals surface area contributed by atoms with Crippen LogP contribution >= 0.6 is 31.9 Å². The Labute approximate surface area is 126 Å². The molecule has 0 unspecified atom stereocenters. The summed E-state index contributed by atoms with van der Waals surface area (Å²) in [6.45, 7) is 1.63. The molecule has 2 rings (SSSR count). The van der Waals surface area contributed by atoms with Gasteiger partial charge in [0.25, 0.3) is 0 Å². The fourth-order valence-corrected chi connectivity index (χ4v) is 2.79. The number of halogens is 2. The summed E-state index contributed by atoms with van der Waals surface area (Å²) in [6.07, 6.45) is 0. The minimum absolute atomic E-state index is 0.0670. The van der Waals surface area contributed by atoms with Gasteiger partial charge in [0.1, 0.15) is 11.3 Å². The van der Waals surface area contributed by atoms with Crippen LogP contribution in [0.3, 0.4) is 0 Å². The molecule has 0 aliphatic carbocycles. The lowest BCUT2D eigenvalue weighted by atomic mass is 10.2. The molecule has 0 fully saturated rings. The molecule has 5 nitrogen and oxygen atoms in total. The van der Waals surface area contributed by atoms with Gasteiger partial charge in [-0.25, -0.2) is 9.48 Å². The molecule has 1 aromatic carbocycles. The average molecular weight is 390 g/mol. The molecule has 0 aliphatic rings. The lowest BCUT2D eigenvalue weighted by Crippen LogP contribution is -2.02. The van der Waals surface area contributed by atoms with Crippen molar-refractivity contribution < 1.29 is 14.6 Å². The van der Waals surface area contributed by atoms with Gasteiger partial charge in [-0.3, -0.25) is 0 Å². The molecular weight excluding hydrogens is 380 g/mol. The SMILES string of the molecule is Cc1nn(C)c(Oc2ccc(Br)cc2Br)c1C(=O)O. The molecule has 1 heterocycles. The molecule has 100 valence electrons. The molecule has 0 amide bonds. The smallest absolute Gasteiger partial charge is 0.343 e. The molecule has 0 aliphatic heterocycles. The van der Waals surface area contributed by atoms with Crippen molar-refractivity contribution in [3.8, 4) is 11.6 Å². The molecule has 0 saturated heterocycles. The van der Waals surface area contributed by atoms with Crippen LogP contribution in [0.25, 0.3) is 0 Å². The molecule has 0 radical (unpaired) electrons. The van der Waals surface area contributed by atoms with Gasteiger partial charge in [-0.2, -0.15) is 5.10 Å². The standard InChI is InChI=1S/C12H10Br2N2O3/c1-6-10(12(17)18)11(16(2)15-6)19-9-4-3-7(13)5-8(9)14/h3-5H,1-2H3,(H,17,18). The van der Waals surface area contributed by atoms with Gasteiger partial charge in [0, 0.05) is 11.5 Å². The highest BCUT2D eigenvalue weighted by Crippen LogP contribution is 2.34. The second kappa shape index (κ2) is 5.34. The van der Waals surface area contributed by atoms with Crippen LogP contribution in [0, 0.1) is 6.92 Å². The van der Waals surface area contributed by atoms with Crippen LogP contribution in [0.1, 0.15) is 16.1 Å². The number of nitrogens with zero attached hydrogens (tertiary/aromatic N) is 2. The van der Waals surface area contributed by atoms with Crippen molar-refractivity contribution in [1.29, 1.82) is 0 Å². The predicted molar refractivity (Wildman–Crippen MR) is 76.8 cm³/mol. The van der Waals surface area contributed by atoms with Crippen LogP contribution in [0.2, 0.25) is 0 Å². The normalized spacial score (nSPS) is 10.5. The number of aromatic carboxylic acids is 1. The summed E-state index contributed by atoms with van der Waals surface area (Å²) in [4.78, 5) is 11.2. The maximum Gasteiger partial charge on any atom is 0.343 e. The van der Waals surface area contributed by atoms with E-state index in [9.17, 15) is 9.90 Å². The third kappa shape index (κ3) is 2.82. The molecule has 19 heavy (non-hydrogen) atoms. The minimum Gasteiger partial charge on any atom is -0.477 e. The number of carboxylic acids is 1. The van der Waals surface area contributed by atoms with Gasteiger partial charge in [0.05, 0.1) is 10.2 Å². The average Bonchev–Trinajstić information content (AvgIpc) is 2.57. The molecule has 0 saturated carbocycles. The van der Waals surface area contributed by atoms with Crippen LogP contribution in [0.4, 0.5) is 0 Å². The Morgan fingerprint density at radius 1 is 1.42 bits per heavy atom. The highest BCUT2D eigenvalue weighted by atomic mass is 79.9. The number of carboxylic acid groups (broad SMARTS) is 1. The van der Waals surface area contributed by atoms with E-state index in [4.69, 9.17) is 4.74 Å². The monoisotopic (exact) mass is 388 g/mol. The summed E-state index contributed by atoms with van der Waals surface area (Å²) < 4.78 is 8.68. The van der Waals surface area contributed by atoms with Gasteiger partial charge in [-0.15, -0.1) is 0 Å². The van der Waals surface area contributed by atoms with Crippen molar-refractivity contribution in [2.75, 3.05) is 0 Å². The first kappa shape index (κ1) is 14.1. The summed E-state index contributed by atoms with van der Waals surface area (Å²) in [5.41, 5.74) is 0.482. The van der Waals surface area contributed by atoms with Crippen molar-refractivity contribution in [3.05, 3.63) is 38.4 Å². The molecule has 0 atom stereocenters. The zero-order chi connectivity index (χ0) is 14.2. The first-order valence-electron chi connectivity index (χ1n) is 5.30. The van der Waals surface area contributed by atoms with E-state index >= 15 is 0 Å². The van der Waals surface area contributed by atoms with Crippen LogP contribution in [0.15, 0.2) is 27.1 Å². The summed E-state index contributed by atoms with van der Waals surface area (Å²) >= 11 is 6.71. The fourth-order valence-electron chi connectivity index (χ4n) is 1.66. The van der Waals surface area contributed by atoms with Crippen molar-refractivity contribution in [2.45, 2.75) is 6.92 Å². The summed E-state index contributed by atoms with van der Waals surface area (Å²) in [7, 11) is 1.64. The Hall–Kier alpha value is -1.34. The number of rotatable bonds is 3. The summed E-state index contributed by atoms with van der Waals surface area (Å²) in [6, 6.07) is 5.37. The third-order valence-electron chi connectivity index (χ3n) is 2.48. The van der Waals surface area contributed by atoms with E-state index in [1.54, 1.807) is 20.0 Å². The van der Waals surface area contributed by atoms with Gasteiger partial charge < -0.3 is 9.84 Å². The molecular formula is C12H10Br2N2O3. The van der Waals surface area contributed by atoms with Gasteiger partial charge in [-0.05, 0) is 41.1 Å². The molecule has 0 spiro atoms. The van der Waals surface area contributed by atoms with Crippen molar-refractivity contribution in [1.82, 2.24) is 9.78 Å². The Kier molecular flexibility index (Phi) is 3.96. The zero-order valence-corrected chi connectivity index (χ0v) is 13.3. The lowest BCUT2D eigenvalue weighted by Gasteiger charge is -2.09. The van der Waals surface area contributed by atoms with Crippen molar-refractivity contribution in [2.24, 2.45) is 7.05 Å². The van der Waals surface area contributed by atoms with E-state index in [1.807, 2.05) is 12.1 Å². The number of hydrogen-bond acceptors (Lipinski definition) is 3. The van der Waals surface area contributed by atoms with Gasteiger partial charge in [0.2, 0.25) is 5.88 Å². The molecule has 1 N–H and O–H groups in total. The second-order valence-electron chi connectivity index (χ2n) is 3.87. The van der Waals surface area contributed by atoms with E-state index < -0.39 is 5.97 Å². The van der Waals surface area contributed by atoms with E-state index in [0.717, 1.165) is 8.95 Å². The number of ether oxygens (including phenoxy) is 1. The summed E-state index contributed by atoms with van der Waals surface area (Å²) in [5.74, 6) is -0.337. The molecule has 1 aromatic heterocycles. The van der Waals surface area contributed by atoms with E-state index in [1.165, 1.54) is 4.68 Å². The maximum absolute atomic E-state index is 11.2. The molecule has 2 aromatic rings. The summed E-state index contributed by atoms with van der Waals surface area (Å²) in [5, 5.41) is 13.3. The first-order valence-corrected chi connectivity index (χ1v) is 6.88. The number of carbonyl (C=O) groups is 1. The van der Waals surface area contributed by atoms with Gasteiger partial charge in [0.15, 0.2) is 0 Å². The predicted octanol–water partition coefficient (Wildman–Crippen LogP) is 3.74. The van der Waals surface area contributed by atoms with Crippen molar-refractivity contribution in [3.63, 3.8) is 0 Å².